The highest BCUT2D eigenvalue weighted by atomic mass is 79.9. The maximum absolute atomic E-state index is 13.8. The molecule has 1 fully saturated rings. The minimum atomic E-state index is -0.549. The highest BCUT2D eigenvalue weighted by Crippen LogP contribution is 2.37. The van der Waals surface area contributed by atoms with E-state index in [0.717, 1.165) is 0 Å². The number of anilines is 1. The van der Waals surface area contributed by atoms with Gasteiger partial charge in [0.1, 0.15) is 11.9 Å². The van der Waals surface area contributed by atoms with Gasteiger partial charge in [-0.1, -0.05) is 0 Å². The fraction of sp³-hybridized carbons (Fsp3) is 0.417. The van der Waals surface area contributed by atoms with Crippen LogP contribution in [0, 0.1) is 22.6 Å². The van der Waals surface area contributed by atoms with Gasteiger partial charge in [-0.3, -0.25) is 0 Å². The molecule has 18 heavy (non-hydrogen) atoms. The standard InChI is InChI=1S/C12H12BrFN2O2/c13-9-2-11(10(14)1-8(9)3-15)16-4-12(5-16,6-17)7-18/h1-2,17-18H,4-7H2. The summed E-state index contributed by atoms with van der Waals surface area (Å²) in [6.45, 7) is 0.544. The van der Waals surface area contributed by atoms with Crippen LogP contribution in [-0.4, -0.2) is 36.5 Å². The molecule has 2 N–H and O–H groups in total. The van der Waals surface area contributed by atoms with Gasteiger partial charge in [0.2, 0.25) is 0 Å². The third-order valence-electron chi connectivity index (χ3n) is 3.22. The van der Waals surface area contributed by atoms with Crippen molar-refractivity contribution in [3.8, 4) is 6.07 Å². The third kappa shape index (κ3) is 2.09. The Morgan fingerprint density at radius 2 is 2.00 bits per heavy atom. The Balaban J connectivity index is 2.23. The van der Waals surface area contributed by atoms with Crippen molar-refractivity contribution in [2.24, 2.45) is 5.41 Å². The zero-order valence-electron chi connectivity index (χ0n) is 9.53. The summed E-state index contributed by atoms with van der Waals surface area (Å²) in [5.74, 6) is -0.473. The smallest absolute Gasteiger partial charge is 0.147 e. The first kappa shape index (κ1) is 13.3. The number of nitrogens with zero attached hydrogens (tertiary/aromatic N) is 2. The summed E-state index contributed by atoms with van der Waals surface area (Å²) < 4.78 is 14.3. The zero-order chi connectivity index (χ0) is 13.3. The van der Waals surface area contributed by atoms with Crippen LogP contribution in [0.5, 0.6) is 0 Å². The molecule has 0 amide bonds. The average molecular weight is 315 g/mol. The maximum atomic E-state index is 13.8. The first-order valence-corrected chi connectivity index (χ1v) is 6.20. The normalized spacial score (nSPS) is 17.2. The molecule has 0 aliphatic carbocycles. The Kier molecular flexibility index (Phi) is 3.57. The van der Waals surface area contributed by atoms with Crippen molar-refractivity contribution in [2.45, 2.75) is 0 Å². The number of aliphatic hydroxyl groups is 2. The van der Waals surface area contributed by atoms with Gasteiger partial charge >= 0.3 is 0 Å². The van der Waals surface area contributed by atoms with E-state index in [1.807, 2.05) is 6.07 Å². The number of rotatable bonds is 3. The van der Waals surface area contributed by atoms with Gasteiger partial charge in [0.15, 0.2) is 0 Å². The largest absolute Gasteiger partial charge is 0.396 e. The molecule has 0 aromatic heterocycles. The van der Waals surface area contributed by atoms with Crippen molar-refractivity contribution in [1.29, 1.82) is 5.26 Å². The third-order valence-corrected chi connectivity index (χ3v) is 3.88. The van der Waals surface area contributed by atoms with E-state index < -0.39 is 11.2 Å². The summed E-state index contributed by atoms with van der Waals surface area (Å²) in [5, 5.41) is 27.1. The fourth-order valence-electron chi connectivity index (χ4n) is 2.05. The van der Waals surface area contributed by atoms with Crippen LogP contribution in [0.15, 0.2) is 16.6 Å². The van der Waals surface area contributed by atoms with Crippen LogP contribution in [0.25, 0.3) is 0 Å². The van der Waals surface area contributed by atoms with E-state index in [-0.39, 0.29) is 18.8 Å². The Labute approximate surface area is 112 Å². The number of aliphatic hydroxyl groups excluding tert-OH is 2. The summed E-state index contributed by atoms with van der Waals surface area (Å²) in [4.78, 5) is 1.73. The van der Waals surface area contributed by atoms with Crippen molar-refractivity contribution in [1.82, 2.24) is 0 Å². The Hall–Kier alpha value is -1.16. The van der Waals surface area contributed by atoms with Crippen molar-refractivity contribution >= 4 is 21.6 Å². The summed E-state index contributed by atoms with van der Waals surface area (Å²) >= 11 is 3.21. The molecule has 0 saturated carbocycles. The van der Waals surface area contributed by atoms with Crippen molar-refractivity contribution in [2.75, 3.05) is 31.2 Å². The molecule has 96 valence electrons. The van der Waals surface area contributed by atoms with Crippen LogP contribution in [0.1, 0.15) is 5.56 Å². The molecule has 1 saturated heterocycles. The lowest BCUT2D eigenvalue weighted by Crippen LogP contribution is -2.60. The quantitative estimate of drug-likeness (QED) is 0.881. The molecule has 1 heterocycles. The van der Waals surface area contributed by atoms with Crippen LogP contribution >= 0.6 is 15.9 Å². The lowest BCUT2D eigenvalue weighted by atomic mass is 9.81. The van der Waals surface area contributed by atoms with E-state index in [4.69, 9.17) is 5.26 Å². The molecule has 0 bridgehead atoms. The Bertz CT molecular complexity index is 504. The van der Waals surface area contributed by atoms with Gasteiger partial charge in [0.25, 0.3) is 0 Å². The molecule has 1 aromatic carbocycles. The van der Waals surface area contributed by atoms with Gasteiger partial charge in [0.05, 0.1) is 29.9 Å². The number of hydrogen-bond donors (Lipinski definition) is 2. The van der Waals surface area contributed by atoms with Crippen molar-refractivity contribution < 1.29 is 14.6 Å². The summed E-state index contributed by atoms with van der Waals surface area (Å²) in [6.07, 6.45) is 0. The van der Waals surface area contributed by atoms with Gasteiger partial charge in [-0.25, -0.2) is 4.39 Å². The number of halogens is 2. The second-order valence-corrected chi connectivity index (χ2v) is 5.42. The predicted molar refractivity (Wildman–Crippen MR) is 67.6 cm³/mol. The van der Waals surface area contributed by atoms with E-state index in [0.29, 0.717) is 23.2 Å². The highest BCUT2D eigenvalue weighted by Gasteiger charge is 2.43. The number of nitriles is 1. The lowest BCUT2D eigenvalue weighted by Gasteiger charge is -2.49. The van der Waals surface area contributed by atoms with Gasteiger partial charge in [-0.15, -0.1) is 0 Å². The monoisotopic (exact) mass is 314 g/mol. The van der Waals surface area contributed by atoms with E-state index >= 15 is 0 Å². The predicted octanol–water partition coefficient (Wildman–Crippen LogP) is 1.25. The second kappa shape index (κ2) is 4.84. The lowest BCUT2D eigenvalue weighted by molar-refractivity contribution is 0.0303. The Morgan fingerprint density at radius 3 is 2.50 bits per heavy atom. The molecule has 2 rings (SSSR count). The highest BCUT2D eigenvalue weighted by molar-refractivity contribution is 9.10. The maximum Gasteiger partial charge on any atom is 0.147 e. The van der Waals surface area contributed by atoms with Crippen molar-refractivity contribution in [3.05, 3.63) is 28.0 Å². The number of hydrogen-bond acceptors (Lipinski definition) is 4. The molecule has 0 atom stereocenters. The summed E-state index contributed by atoms with van der Waals surface area (Å²) in [6, 6.07) is 4.62. The molecule has 0 spiro atoms. The molecule has 6 heteroatoms. The summed E-state index contributed by atoms with van der Waals surface area (Å²) in [7, 11) is 0. The number of benzene rings is 1. The minimum Gasteiger partial charge on any atom is -0.396 e. The Morgan fingerprint density at radius 1 is 1.39 bits per heavy atom. The molecule has 0 radical (unpaired) electrons. The molecule has 4 nitrogen and oxygen atoms in total. The molecular weight excluding hydrogens is 303 g/mol. The SMILES string of the molecule is N#Cc1cc(F)c(N2CC(CO)(CO)C2)cc1Br. The van der Waals surface area contributed by atoms with Gasteiger partial charge < -0.3 is 15.1 Å². The first-order chi connectivity index (χ1) is 8.55. The molecule has 1 aliphatic rings. The molecule has 1 aliphatic heterocycles. The van der Waals surface area contributed by atoms with E-state index in [1.165, 1.54) is 6.07 Å². The van der Waals surface area contributed by atoms with E-state index in [1.54, 1.807) is 11.0 Å². The minimum absolute atomic E-state index is 0.126. The average Bonchev–Trinajstić information content (AvgIpc) is 2.32. The van der Waals surface area contributed by atoms with Gasteiger partial charge in [-0.05, 0) is 28.1 Å². The van der Waals surface area contributed by atoms with Crippen LogP contribution in [0.4, 0.5) is 10.1 Å². The van der Waals surface area contributed by atoms with Gasteiger partial charge in [0, 0.05) is 17.6 Å². The topological polar surface area (TPSA) is 67.5 Å². The molecule has 1 aromatic rings. The van der Waals surface area contributed by atoms with Crippen LogP contribution < -0.4 is 4.90 Å². The fourth-order valence-corrected chi connectivity index (χ4v) is 2.47. The van der Waals surface area contributed by atoms with Crippen LogP contribution in [0.2, 0.25) is 0 Å². The van der Waals surface area contributed by atoms with Crippen molar-refractivity contribution in [3.63, 3.8) is 0 Å². The van der Waals surface area contributed by atoms with E-state index in [2.05, 4.69) is 15.9 Å². The second-order valence-electron chi connectivity index (χ2n) is 4.57. The van der Waals surface area contributed by atoms with E-state index in [9.17, 15) is 14.6 Å². The first-order valence-electron chi connectivity index (χ1n) is 5.41. The zero-order valence-corrected chi connectivity index (χ0v) is 11.1. The molecular formula is C12H12BrFN2O2. The van der Waals surface area contributed by atoms with Crippen LogP contribution in [0.3, 0.4) is 0 Å². The molecule has 0 unspecified atom stereocenters. The summed E-state index contributed by atoms with van der Waals surface area (Å²) in [5.41, 5.74) is 0.0676. The van der Waals surface area contributed by atoms with Gasteiger partial charge in [-0.2, -0.15) is 5.26 Å². The van der Waals surface area contributed by atoms with Crippen LogP contribution in [-0.2, 0) is 0 Å².